The van der Waals surface area contributed by atoms with Gasteiger partial charge in [-0.25, -0.2) is 4.98 Å². The number of aromatic nitrogens is 2. The molecule has 0 aliphatic heterocycles. The molecule has 2 aromatic heterocycles. The summed E-state index contributed by atoms with van der Waals surface area (Å²) in [6.07, 6.45) is 1.64. The van der Waals surface area contributed by atoms with Crippen LogP contribution in [0.1, 0.15) is 6.92 Å². The van der Waals surface area contributed by atoms with Crippen LogP contribution >= 0.6 is 23.1 Å². The Hall–Kier alpha value is -3.69. The summed E-state index contributed by atoms with van der Waals surface area (Å²) in [7, 11) is 0. The number of thiophene rings is 1. The summed E-state index contributed by atoms with van der Waals surface area (Å²) >= 11 is 2.66. The molecule has 0 spiro atoms. The number of carbonyl (C=O) groups is 2. The smallest absolute Gasteiger partial charge is 0.263 e. The molecule has 9 heteroatoms. The molecule has 0 radical (unpaired) electrons. The van der Waals surface area contributed by atoms with E-state index in [1.165, 1.54) is 34.6 Å². The maximum absolute atomic E-state index is 13.2. The minimum Gasteiger partial charge on any atom is -0.326 e. The number of amides is 2. The second-order valence-corrected chi connectivity index (χ2v) is 9.36. The molecule has 2 N–H and O–H groups in total. The van der Waals surface area contributed by atoms with E-state index in [1.54, 1.807) is 30.3 Å². The molecule has 0 fully saturated rings. The molecule has 0 bridgehead atoms. The van der Waals surface area contributed by atoms with Gasteiger partial charge in [0, 0.05) is 29.7 Å². The number of hydrogen-bond acceptors (Lipinski definition) is 6. The second-order valence-electron chi connectivity index (χ2n) is 7.39. The van der Waals surface area contributed by atoms with Gasteiger partial charge in [-0.2, -0.15) is 0 Å². The molecule has 172 valence electrons. The van der Waals surface area contributed by atoms with E-state index in [-0.39, 0.29) is 23.1 Å². The van der Waals surface area contributed by atoms with Crippen LogP contribution in [0.3, 0.4) is 0 Å². The van der Waals surface area contributed by atoms with Crippen LogP contribution in [-0.2, 0) is 16.1 Å². The quantitative estimate of drug-likeness (QED) is 0.206. The molecule has 0 saturated heterocycles. The van der Waals surface area contributed by atoms with Crippen molar-refractivity contribution in [3.8, 4) is 10.4 Å². The van der Waals surface area contributed by atoms with Gasteiger partial charge in [0.2, 0.25) is 11.8 Å². The van der Waals surface area contributed by atoms with E-state index in [2.05, 4.69) is 17.2 Å². The number of nitrogens with one attached hydrogen (secondary N) is 2. The summed E-state index contributed by atoms with van der Waals surface area (Å²) in [5.74, 6) is -0.308. The zero-order valence-electron chi connectivity index (χ0n) is 18.4. The second kappa shape index (κ2) is 10.5. The van der Waals surface area contributed by atoms with Gasteiger partial charge in [-0.15, -0.1) is 17.9 Å². The Bertz CT molecular complexity index is 1410. The van der Waals surface area contributed by atoms with Gasteiger partial charge in [-0.3, -0.25) is 19.0 Å². The molecule has 0 aliphatic carbocycles. The van der Waals surface area contributed by atoms with E-state index in [0.717, 1.165) is 10.4 Å². The molecule has 34 heavy (non-hydrogen) atoms. The van der Waals surface area contributed by atoms with Crippen molar-refractivity contribution in [2.45, 2.75) is 18.6 Å². The highest BCUT2D eigenvalue weighted by Gasteiger charge is 2.16. The lowest BCUT2D eigenvalue weighted by atomic mass is 10.2. The lowest BCUT2D eigenvalue weighted by Gasteiger charge is -2.10. The molecule has 2 amide bonds. The Morgan fingerprint density at radius 3 is 2.41 bits per heavy atom. The first-order valence-electron chi connectivity index (χ1n) is 10.5. The molecule has 0 unspecified atom stereocenters. The van der Waals surface area contributed by atoms with Crippen molar-refractivity contribution in [3.63, 3.8) is 0 Å². The largest absolute Gasteiger partial charge is 0.326 e. The highest BCUT2D eigenvalue weighted by Crippen LogP contribution is 2.32. The van der Waals surface area contributed by atoms with Crippen LogP contribution in [0.2, 0.25) is 0 Å². The standard InChI is InChI=1S/C25H22N4O3S2/c1-3-13-29-24(32)20-14-21(17-7-5-4-6-8-17)34-23(20)28-25(29)33-15-22(31)27-19-11-9-18(10-12-19)26-16(2)30/h3-12,14H,1,13,15H2,2H3,(H,26,30)(H,27,31). The number of thioether (sulfide) groups is 1. The predicted molar refractivity (Wildman–Crippen MR) is 140 cm³/mol. The van der Waals surface area contributed by atoms with Crippen LogP contribution in [0, 0.1) is 0 Å². The van der Waals surface area contributed by atoms with Crippen molar-refractivity contribution in [1.29, 1.82) is 0 Å². The molecular formula is C25H22N4O3S2. The first-order valence-corrected chi connectivity index (χ1v) is 12.3. The third-order valence-corrected chi connectivity index (χ3v) is 6.86. The summed E-state index contributed by atoms with van der Waals surface area (Å²) in [4.78, 5) is 43.1. The van der Waals surface area contributed by atoms with Gasteiger partial charge in [0.25, 0.3) is 5.56 Å². The average Bonchev–Trinajstić information content (AvgIpc) is 3.26. The SMILES string of the molecule is C=CCn1c(SCC(=O)Nc2ccc(NC(C)=O)cc2)nc2sc(-c3ccccc3)cc2c1=O. The van der Waals surface area contributed by atoms with Crippen LogP contribution in [0.5, 0.6) is 0 Å². The predicted octanol–water partition coefficient (Wildman–Crippen LogP) is 5.00. The van der Waals surface area contributed by atoms with Gasteiger partial charge < -0.3 is 10.6 Å². The van der Waals surface area contributed by atoms with Gasteiger partial charge in [-0.05, 0) is 35.9 Å². The highest BCUT2D eigenvalue weighted by atomic mass is 32.2. The van der Waals surface area contributed by atoms with Gasteiger partial charge in [0.1, 0.15) is 4.83 Å². The molecule has 0 aliphatic rings. The van der Waals surface area contributed by atoms with Crippen LogP contribution in [0.25, 0.3) is 20.7 Å². The van der Waals surface area contributed by atoms with Crippen molar-refractivity contribution in [2.75, 3.05) is 16.4 Å². The number of anilines is 2. The summed E-state index contributed by atoms with van der Waals surface area (Å²) in [5, 5.41) is 6.52. The lowest BCUT2D eigenvalue weighted by Crippen LogP contribution is -2.23. The minimum atomic E-state index is -0.229. The van der Waals surface area contributed by atoms with Crippen molar-refractivity contribution >= 4 is 56.5 Å². The molecule has 4 rings (SSSR count). The molecule has 0 saturated carbocycles. The fourth-order valence-corrected chi connectivity index (χ4v) is 5.20. The molecule has 7 nitrogen and oxygen atoms in total. The zero-order chi connectivity index (χ0) is 24.1. The molecule has 4 aromatic rings. The first kappa shape index (κ1) is 23.5. The fourth-order valence-electron chi connectivity index (χ4n) is 3.31. The van der Waals surface area contributed by atoms with Gasteiger partial charge >= 0.3 is 0 Å². The molecule has 0 atom stereocenters. The maximum Gasteiger partial charge on any atom is 0.263 e. The van der Waals surface area contributed by atoms with E-state index < -0.39 is 0 Å². The Morgan fingerprint density at radius 1 is 1.09 bits per heavy atom. The van der Waals surface area contributed by atoms with Crippen LogP contribution in [0.15, 0.2) is 83.3 Å². The topological polar surface area (TPSA) is 93.1 Å². The summed E-state index contributed by atoms with van der Waals surface area (Å²) in [5.41, 5.74) is 2.13. The number of nitrogens with zero attached hydrogens (tertiary/aromatic N) is 2. The van der Waals surface area contributed by atoms with E-state index in [4.69, 9.17) is 4.98 Å². The monoisotopic (exact) mass is 490 g/mol. The normalized spacial score (nSPS) is 10.7. The maximum atomic E-state index is 13.2. The summed E-state index contributed by atoms with van der Waals surface area (Å²) in [6.45, 7) is 5.48. The highest BCUT2D eigenvalue weighted by molar-refractivity contribution is 7.99. The molecule has 2 aromatic carbocycles. The number of rotatable bonds is 8. The third-order valence-electron chi connectivity index (χ3n) is 4.81. The summed E-state index contributed by atoms with van der Waals surface area (Å²) < 4.78 is 1.54. The van der Waals surface area contributed by atoms with Crippen molar-refractivity contribution < 1.29 is 9.59 Å². The van der Waals surface area contributed by atoms with E-state index >= 15 is 0 Å². The first-order chi connectivity index (χ1) is 16.4. The van der Waals surface area contributed by atoms with Gasteiger partial charge in [-0.1, -0.05) is 48.2 Å². The van der Waals surface area contributed by atoms with E-state index in [1.807, 2.05) is 36.4 Å². The fraction of sp³-hybridized carbons (Fsp3) is 0.120. The van der Waals surface area contributed by atoms with E-state index in [9.17, 15) is 14.4 Å². The lowest BCUT2D eigenvalue weighted by molar-refractivity contribution is -0.114. The van der Waals surface area contributed by atoms with Gasteiger partial charge in [0.15, 0.2) is 5.16 Å². The molecule has 2 heterocycles. The number of allylic oxidation sites excluding steroid dienone is 1. The van der Waals surface area contributed by atoms with Crippen LogP contribution < -0.4 is 16.2 Å². The summed E-state index contributed by atoms with van der Waals surface area (Å²) in [6, 6.07) is 18.6. The Balaban J connectivity index is 1.53. The number of carbonyl (C=O) groups excluding carboxylic acids is 2. The number of fused-ring (bicyclic) bond motifs is 1. The zero-order valence-corrected chi connectivity index (χ0v) is 20.0. The Labute approximate surface area is 204 Å². The van der Waals surface area contributed by atoms with Crippen molar-refractivity contribution in [1.82, 2.24) is 9.55 Å². The number of hydrogen-bond donors (Lipinski definition) is 2. The Kier molecular flexibility index (Phi) is 7.24. The van der Waals surface area contributed by atoms with Crippen molar-refractivity contribution in [2.24, 2.45) is 0 Å². The van der Waals surface area contributed by atoms with Crippen LogP contribution in [-0.4, -0.2) is 27.1 Å². The van der Waals surface area contributed by atoms with E-state index in [0.29, 0.717) is 33.3 Å². The Morgan fingerprint density at radius 2 is 1.76 bits per heavy atom. The minimum absolute atomic E-state index is 0.0828. The number of benzene rings is 2. The third kappa shape index (κ3) is 5.44. The molecular weight excluding hydrogens is 468 g/mol. The van der Waals surface area contributed by atoms with Gasteiger partial charge in [0.05, 0.1) is 11.1 Å². The van der Waals surface area contributed by atoms with Crippen LogP contribution in [0.4, 0.5) is 11.4 Å². The average molecular weight is 491 g/mol. The van der Waals surface area contributed by atoms with Crippen molar-refractivity contribution in [3.05, 3.63) is 83.7 Å².